The maximum Gasteiger partial charge on any atom is 0.191 e. The Kier molecular flexibility index (Phi) is 4.99. The third-order valence-corrected chi connectivity index (χ3v) is 4.37. The van der Waals surface area contributed by atoms with Gasteiger partial charge in [-0.05, 0) is 20.8 Å². The van der Waals surface area contributed by atoms with E-state index in [0.29, 0.717) is 6.54 Å². The highest BCUT2D eigenvalue weighted by Crippen LogP contribution is 2.25. The summed E-state index contributed by atoms with van der Waals surface area (Å²) in [7, 11) is 0. The number of rotatable bonds is 5. The number of aromatic nitrogens is 1. The predicted molar refractivity (Wildman–Crippen MR) is 83.3 cm³/mol. The molecular formula is C14H24N4OS. The molecular weight excluding hydrogens is 272 g/mol. The molecule has 2 rings (SSSR count). The summed E-state index contributed by atoms with van der Waals surface area (Å²) in [4.78, 5) is 10.3. The van der Waals surface area contributed by atoms with Crippen molar-refractivity contribution in [2.75, 3.05) is 26.3 Å². The molecule has 0 unspecified atom stereocenters. The van der Waals surface area contributed by atoms with Crippen LogP contribution in [0.3, 0.4) is 0 Å². The minimum Gasteiger partial charge on any atom is -0.380 e. The van der Waals surface area contributed by atoms with Gasteiger partial charge >= 0.3 is 0 Å². The van der Waals surface area contributed by atoms with E-state index in [2.05, 4.69) is 34.5 Å². The van der Waals surface area contributed by atoms with Crippen molar-refractivity contribution in [3.8, 4) is 0 Å². The molecule has 0 atom stereocenters. The van der Waals surface area contributed by atoms with Crippen LogP contribution in [0.1, 0.15) is 29.4 Å². The summed E-state index contributed by atoms with van der Waals surface area (Å²) in [5.41, 5.74) is 1.33. The maximum absolute atomic E-state index is 5.27. The van der Waals surface area contributed by atoms with Crippen molar-refractivity contribution in [1.29, 1.82) is 0 Å². The quantitative estimate of drug-likeness (QED) is 0.643. The first kappa shape index (κ1) is 15.3. The van der Waals surface area contributed by atoms with Crippen LogP contribution in [0.4, 0.5) is 0 Å². The number of aryl methyl sites for hydroxylation is 2. The Balaban J connectivity index is 1.92. The highest BCUT2D eigenvalue weighted by Gasteiger charge is 2.33. The maximum atomic E-state index is 5.27. The van der Waals surface area contributed by atoms with Gasteiger partial charge < -0.3 is 15.4 Å². The summed E-state index contributed by atoms with van der Waals surface area (Å²) < 4.78 is 5.27. The van der Waals surface area contributed by atoms with Gasteiger partial charge in [-0.2, -0.15) is 0 Å². The first-order chi connectivity index (χ1) is 9.52. The van der Waals surface area contributed by atoms with Crippen molar-refractivity contribution in [3.63, 3.8) is 0 Å². The first-order valence-corrected chi connectivity index (χ1v) is 7.87. The molecule has 2 heterocycles. The van der Waals surface area contributed by atoms with Gasteiger partial charge in [0, 0.05) is 23.4 Å². The lowest BCUT2D eigenvalue weighted by molar-refractivity contribution is -0.0971. The number of nitrogens with one attached hydrogen (secondary N) is 2. The molecule has 2 N–H and O–H groups in total. The van der Waals surface area contributed by atoms with Gasteiger partial charge in [-0.15, -0.1) is 11.3 Å². The van der Waals surface area contributed by atoms with Crippen LogP contribution in [-0.4, -0.2) is 37.2 Å². The molecule has 20 heavy (non-hydrogen) atoms. The summed E-state index contributed by atoms with van der Waals surface area (Å²) >= 11 is 1.72. The number of nitrogens with zero attached hydrogens (tertiary/aromatic N) is 2. The Labute approximate surface area is 124 Å². The second kappa shape index (κ2) is 6.54. The molecule has 0 radical (unpaired) electrons. The molecule has 6 heteroatoms. The summed E-state index contributed by atoms with van der Waals surface area (Å²) in [5.74, 6) is 0.867. The number of hydrogen-bond donors (Lipinski definition) is 2. The van der Waals surface area contributed by atoms with E-state index in [9.17, 15) is 0 Å². The molecule has 1 aliphatic heterocycles. The second-order valence-electron chi connectivity index (χ2n) is 5.59. The normalized spacial score (nSPS) is 17.7. The molecule has 112 valence electrons. The highest BCUT2D eigenvalue weighted by molar-refractivity contribution is 7.11. The van der Waals surface area contributed by atoms with Crippen molar-refractivity contribution >= 4 is 17.3 Å². The lowest BCUT2D eigenvalue weighted by atomic mass is 9.89. The number of thiazole rings is 1. The Morgan fingerprint density at radius 1 is 1.40 bits per heavy atom. The van der Waals surface area contributed by atoms with Crippen molar-refractivity contribution in [2.45, 2.75) is 34.2 Å². The number of ether oxygens (including phenoxy) is 1. The third-order valence-electron chi connectivity index (χ3n) is 3.31. The molecule has 0 bridgehead atoms. The van der Waals surface area contributed by atoms with Gasteiger partial charge in [0.2, 0.25) is 0 Å². The highest BCUT2D eigenvalue weighted by atomic mass is 32.1. The van der Waals surface area contributed by atoms with E-state index in [1.54, 1.807) is 11.3 Å². The molecule has 0 spiro atoms. The Hall–Kier alpha value is -1.14. The van der Waals surface area contributed by atoms with Gasteiger partial charge in [-0.3, -0.25) is 0 Å². The zero-order valence-electron chi connectivity index (χ0n) is 12.7. The van der Waals surface area contributed by atoms with Gasteiger partial charge in [0.15, 0.2) is 5.96 Å². The summed E-state index contributed by atoms with van der Waals surface area (Å²) in [6, 6.07) is 0. The first-order valence-electron chi connectivity index (χ1n) is 7.05. The fourth-order valence-electron chi connectivity index (χ4n) is 2.06. The molecule has 0 saturated carbocycles. The third kappa shape index (κ3) is 3.93. The van der Waals surface area contributed by atoms with Gasteiger partial charge in [0.05, 0.1) is 30.5 Å². The standard InChI is InChI=1S/C14H24N4OS/c1-5-15-13(17-7-14(4)8-19-9-14)16-6-12-10(2)18-11(3)20-12/h5-9H2,1-4H3,(H2,15,16,17). The van der Waals surface area contributed by atoms with Gasteiger partial charge in [0.1, 0.15) is 0 Å². The van der Waals surface area contributed by atoms with E-state index >= 15 is 0 Å². The second-order valence-corrected chi connectivity index (χ2v) is 6.88. The SMILES string of the molecule is CCNC(=NCc1sc(C)nc1C)NCC1(C)COC1. The Bertz CT molecular complexity index is 480. The molecule has 1 aliphatic rings. The van der Waals surface area contributed by atoms with E-state index in [-0.39, 0.29) is 5.41 Å². The minimum absolute atomic E-state index is 0.243. The molecule has 1 fully saturated rings. The Morgan fingerprint density at radius 3 is 2.65 bits per heavy atom. The molecule has 1 aromatic heterocycles. The van der Waals surface area contributed by atoms with Crippen LogP contribution in [0, 0.1) is 19.3 Å². The largest absolute Gasteiger partial charge is 0.380 e. The van der Waals surface area contributed by atoms with Crippen molar-refractivity contribution in [3.05, 3.63) is 15.6 Å². The van der Waals surface area contributed by atoms with E-state index in [0.717, 1.165) is 43.0 Å². The van der Waals surface area contributed by atoms with Crippen LogP contribution >= 0.6 is 11.3 Å². The molecule has 0 aromatic carbocycles. The van der Waals surface area contributed by atoms with Crippen LogP contribution in [0.25, 0.3) is 0 Å². The van der Waals surface area contributed by atoms with E-state index in [1.165, 1.54) is 4.88 Å². The zero-order chi connectivity index (χ0) is 14.6. The number of hydrogen-bond acceptors (Lipinski definition) is 4. The molecule has 1 saturated heterocycles. The predicted octanol–water partition coefficient (Wildman–Crippen LogP) is 1.85. The average molecular weight is 296 g/mol. The monoisotopic (exact) mass is 296 g/mol. The van der Waals surface area contributed by atoms with Crippen molar-refractivity contribution in [1.82, 2.24) is 15.6 Å². The van der Waals surface area contributed by atoms with E-state index < -0.39 is 0 Å². The van der Waals surface area contributed by atoms with Crippen molar-refractivity contribution < 1.29 is 4.74 Å². The van der Waals surface area contributed by atoms with Crippen LogP contribution in [0.15, 0.2) is 4.99 Å². The van der Waals surface area contributed by atoms with Crippen molar-refractivity contribution in [2.24, 2.45) is 10.4 Å². The smallest absolute Gasteiger partial charge is 0.191 e. The van der Waals surface area contributed by atoms with Gasteiger partial charge in [-0.1, -0.05) is 6.92 Å². The summed E-state index contributed by atoms with van der Waals surface area (Å²) in [6.07, 6.45) is 0. The number of guanidine groups is 1. The molecule has 0 amide bonds. The zero-order valence-corrected chi connectivity index (χ0v) is 13.6. The minimum atomic E-state index is 0.243. The lowest BCUT2D eigenvalue weighted by Crippen LogP contribution is -2.51. The average Bonchev–Trinajstić information content (AvgIpc) is 2.69. The summed E-state index contributed by atoms with van der Waals surface area (Å²) in [5, 5.41) is 7.79. The number of aliphatic imine (C=N–C) groups is 1. The van der Waals surface area contributed by atoms with E-state index in [1.807, 2.05) is 13.8 Å². The summed E-state index contributed by atoms with van der Waals surface area (Å²) in [6.45, 7) is 12.5. The Morgan fingerprint density at radius 2 is 2.15 bits per heavy atom. The topological polar surface area (TPSA) is 58.5 Å². The molecule has 5 nitrogen and oxygen atoms in total. The molecule has 1 aromatic rings. The van der Waals surface area contributed by atoms with Gasteiger partial charge in [-0.25, -0.2) is 9.98 Å². The van der Waals surface area contributed by atoms with Gasteiger partial charge in [0.25, 0.3) is 0 Å². The molecule has 0 aliphatic carbocycles. The van der Waals surface area contributed by atoms with Crippen LogP contribution in [0.5, 0.6) is 0 Å². The van der Waals surface area contributed by atoms with E-state index in [4.69, 9.17) is 4.74 Å². The fourth-order valence-corrected chi connectivity index (χ4v) is 2.92. The lowest BCUT2D eigenvalue weighted by Gasteiger charge is -2.38. The van der Waals surface area contributed by atoms with Crippen LogP contribution in [0.2, 0.25) is 0 Å². The van der Waals surface area contributed by atoms with Crippen LogP contribution in [-0.2, 0) is 11.3 Å². The fraction of sp³-hybridized carbons (Fsp3) is 0.714. The van der Waals surface area contributed by atoms with Crippen LogP contribution < -0.4 is 10.6 Å².